The third-order valence-electron chi connectivity index (χ3n) is 10.6. The van der Waals surface area contributed by atoms with Gasteiger partial charge in [0.1, 0.15) is 8.07 Å². The first-order valence-corrected chi connectivity index (χ1v) is 20.5. The summed E-state index contributed by atoms with van der Waals surface area (Å²) >= 11 is 0. The Morgan fingerprint density at radius 3 is 1.20 bits per heavy atom. The Hall–Kier alpha value is -5.64. The van der Waals surface area contributed by atoms with Gasteiger partial charge in [-0.2, -0.15) is 0 Å². The van der Waals surface area contributed by atoms with E-state index in [1.54, 1.807) is 0 Å². The van der Waals surface area contributed by atoms with Crippen LogP contribution in [0.2, 0.25) is 13.1 Å². The van der Waals surface area contributed by atoms with Crippen LogP contribution in [0.3, 0.4) is 0 Å². The zero-order valence-corrected chi connectivity index (χ0v) is 30.2. The molecule has 0 aliphatic carbocycles. The van der Waals surface area contributed by atoms with Crippen molar-refractivity contribution in [3.05, 3.63) is 193 Å². The second kappa shape index (κ2) is 12.7. The maximum absolute atomic E-state index is 2.48. The normalized spacial score (nSPS) is 13.0. The third kappa shape index (κ3) is 5.54. The van der Waals surface area contributed by atoms with Crippen molar-refractivity contribution in [2.75, 3.05) is 9.80 Å². The first-order valence-electron chi connectivity index (χ1n) is 17.5. The lowest BCUT2D eigenvalue weighted by atomic mass is 9.78. The Morgan fingerprint density at radius 1 is 0.360 bits per heavy atom. The molecule has 0 atom stereocenters. The fourth-order valence-electron chi connectivity index (χ4n) is 7.69. The molecule has 0 bridgehead atoms. The van der Waals surface area contributed by atoms with Gasteiger partial charge in [0.25, 0.3) is 0 Å². The van der Waals surface area contributed by atoms with Crippen LogP contribution in [-0.2, 0) is 5.41 Å². The van der Waals surface area contributed by atoms with E-state index >= 15 is 0 Å². The molecule has 0 N–H and O–H groups in total. The highest BCUT2D eigenvalue weighted by Gasteiger charge is 2.37. The molecule has 0 saturated heterocycles. The summed E-state index contributed by atoms with van der Waals surface area (Å²) in [6, 6.07) is 66.3. The Kier molecular flexibility index (Phi) is 8.01. The van der Waals surface area contributed by atoms with Crippen molar-refractivity contribution in [2.45, 2.75) is 32.4 Å². The molecule has 3 heteroatoms. The van der Waals surface area contributed by atoms with Crippen molar-refractivity contribution in [1.29, 1.82) is 0 Å². The SMILES string of the molecule is CC(C)(c1ccc(N(c2ccccc2)c2ccccc2)cc1)c1ccc(N(c2ccccc2)c2ccc3c(c2)-c2ccccc2[Si]3(C)C)cc1. The van der Waals surface area contributed by atoms with Gasteiger partial charge in [0.15, 0.2) is 0 Å². The molecular weight excluding hydrogens is 621 g/mol. The fraction of sp³-hybridized carbons (Fsp3) is 0.106. The maximum Gasteiger partial charge on any atom is 0.113 e. The Bertz CT molecular complexity index is 2200. The number of anilines is 6. The van der Waals surface area contributed by atoms with Crippen molar-refractivity contribution in [3.63, 3.8) is 0 Å². The number of para-hydroxylation sites is 3. The van der Waals surface area contributed by atoms with Crippen molar-refractivity contribution in [2.24, 2.45) is 0 Å². The largest absolute Gasteiger partial charge is 0.311 e. The predicted molar refractivity (Wildman–Crippen MR) is 217 cm³/mol. The summed E-state index contributed by atoms with van der Waals surface area (Å²) in [6.45, 7) is 9.59. The van der Waals surface area contributed by atoms with Crippen LogP contribution >= 0.6 is 0 Å². The number of rotatable bonds is 8. The van der Waals surface area contributed by atoms with Crippen LogP contribution in [0.4, 0.5) is 34.1 Å². The van der Waals surface area contributed by atoms with Crippen LogP contribution in [0.25, 0.3) is 11.1 Å². The van der Waals surface area contributed by atoms with Crippen molar-refractivity contribution in [1.82, 2.24) is 0 Å². The molecule has 244 valence electrons. The number of benzene rings is 7. The van der Waals surface area contributed by atoms with Crippen LogP contribution in [-0.4, -0.2) is 8.07 Å². The summed E-state index contributed by atoms with van der Waals surface area (Å²) in [4.78, 5) is 4.70. The molecule has 1 aliphatic heterocycles. The van der Waals surface area contributed by atoms with E-state index in [0.29, 0.717) is 0 Å². The van der Waals surface area contributed by atoms with Gasteiger partial charge in [-0.3, -0.25) is 0 Å². The van der Waals surface area contributed by atoms with E-state index in [2.05, 4.69) is 219 Å². The standard InChI is InChI=1S/C47H42N2Si/c1-47(2,35-24-28-40(29-25-35)48(37-16-8-5-9-17-37)38-18-10-6-11-19-38)36-26-30-41(31-27-36)49(39-20-12-7-13-21-39)42-32-33-46-44(34-42)43-22-14-15-23-45(43)50(46,3)4/h5-34H,1-4H3. The van der Waals surface area contributed by atoms with Gasteiger partial charge in [-0.05, 0) is 105 Å². The van der Waals surface area contributed by atoms with Crippen LogP contribution in [0.1, 0.15) is 25.0 Å². The first kappa shape index (κ1) is 31.6. The second-order valence-corrected chi connectivity index (χ2v) is 18.6. The van der Waals surface area contributed by atoms with Crippen LogP contribution in [0.15, 0.2) is 182 Å². The van der Waals surface area contributed by atoms with E-state index in [1.807, 2.05) is 0 Å². The van der Waals surface area contributed by atoms with Crippen LogP contribution in [0.5, 0.6) is 0 Å². The van der Waals surface area contributed by atoms with Crippen molar-refractivity contribution < 1.29 is 0 Å². The topological polar surface area (TPSA) is 6.48 Å². The van der Waals surface area contributed by atoms with Crippen molar-refractivity contribution in [3.8, 4) is 11.1 Å². The molecule has 0 saturated carbocycles. The van der Waals surface area contributed by atoms with E-state index in [1.165, 1.54) is 38.3 Å². The Balaban J connectivity index is 1.12. The van der Waals surface area contributed by atoms with Gasteiger partial charge in [-0.15, -0.1) is 0 Å². The minimum atomic E-state index is -1.72. The predicted octanol–water partition coefficient (Wildman–Crippen LogP) is 11.8. The zero-order valence-electron chi connectivity index (χ0n) is 29.2. The van der Waals surface area contributed by atoms with Gasteiger partial charge in [0.2, 0.25) is 0 Å². The van der Waals surface area contributed by atoms with Gasteiger partial charge in [0.05, 0.1) is 0 Å². The molecule has 50 heavy (non-hydrogen) atoms. The molecule has 7 aromatic rings. The van der Waals surface area contributed by atoms with Crippen LogP contribution < -0.4 is 20.2 Å². The minimum absolute atomic E-state index is 0.188. The fourth-order valence-corrected chi connectivity index (χ4v) is 10.8. The average Bonchev–Trinajstić information content (AvgIpc) is 3.39. The lowest BCUT2D eigenvalue weighted by Gasteiger charge is -2.30. The Morgan fingerprint density at radius 2 is 0.720 bits per heavy atom. The molecule has 0 spiro atoms. The van der Waals surface area contributed by atoms with E-state index in [4.69, 9.17) is 0 Å². The maximum atomic E-state index is 2.48. The highest BCUT2D eigenvalue weighted by atomic mass is 28.3. The molecule has 0 radical (unpaired) electrons. The lowest BCUT2D eigenvalue weighted by molar-refractivity contribution is 0.641. The van der Waals surface area contributed by atoms with Gasteiger partial charge >= 0.3 is 0 Å². The third-order valence-corrected chi connectivity index (χ3v) is 14.1. The Labute approximate surface area is 297 Å². The minimum Gasteiger partial charge on any atom is -0.311 e. The quantitative estimate of drug-likeness (QED) is 0.149. The molecular formula is C47H42N2Si. The highest BCUT2D eigenvalue weighted by molar-refractivity contribution is 7.03. The van der Waals surface area contributed by atoms with Gasteiger partial charge < -0.3 is 9.80 Å². The molecule has 0 fully saturated rings. The summed E-state index contributed by atoms with van der Waals surface area (Å²) in [5.41, 5.74) is 12.0. The molecule has 7 aromatic carbocycles. The summed E-state index contributed by atoms with van der Waals surface area (Å²) in [5, 5.41) is 3.06. The summed E-state index contributed by atoms with van der Waals surface area (Å²) in [7, 11) is -1.72. The van der Waals surface area contributed by atoms with Crippen molar-refractivity contribution >= 4 is 52.6 Å². The molecule has 2 nitrogen and oxygen atoms in total. The molecule has 8 rings (SSSR count). The van der Waals surface area contributed by atoms with E-state index < -0.39 is 8.07 Å². The second-order valence-electron chi connectivity index (χ2n) is 14.3. The molecule has 1 aliphatic rings. The lowest BCUT2D eigenvalue weighted by Crippen LogP contribution is -2.49. The molecule has 0 aromatic heterocycles. The summed E-state index contributed by atoms with van der Waals surface area (Å²) < 4.78 is 0. The zero-order chi connectivity index (χ0) is 34.3. The highest BCUT2D eigenvalue weighted by Crippen LogP contribution is 2.41. The number of nitrogens with zero attached hydrogens (tertiary/aromatic N) is 2. The van der Waals surface area contributed by atoms with Gasteiger partial charge in [0, 0.05) is 39.5 Å². The molecule has 1 heterocycles. The smallest absolute Gasteiger partial charge is 0.113 e. The molecule has 0 amide bonds. The first-order chi connectivity index (χ1) is 24.3. The number of fused-ring (bicyclic) bond motifs is 3. The van der Waals surface area contributed by atoms with E-state index in [9.17, 15) is 0 Å². The summed E-state index contributed by atoms with van der Waals surface area (Å²) in [5.74, 6) is 0. The average molecular weight is 663 g/mol. The monoisotopic (exact) mass is 662 g/mol. The van der Waals surface area contributed by atoms with Gasteiger partial charge in [-0.25, -0.2) is 0 Å². The summed E-state index contributed by atoms with van der Waals surface area (Å²) in [6.07, 6.45) is 0. The number of hydrogen-bond acceptors (Lipinski definition) is 2. The molecule has 0 unspecified atom stereocenters. The van der Waals surface area contributed by atoms with E-state index in [0.717, 1.165) is 28.4 Å². The van der Waals surface area contributed by atoms with Gasteiger partial charge in [-0.1, -0.05) is 136 Å². The van der Waals surface area contributed by atoms with Crippen LogP contribution in [0, 0.1) is 0 Å². The number of hydrogen-bond donors (Lipinski definition) is 0. The van der Waals surface area contributed by atoms with E-state index in [-0.39, 0.29) is 5.41 Å².